The van der Waals surface area contributed by atoms with Crippen LogP contribution < -0.4 is 0 Å². The molecule has 2 atom stereocenters. The first-order chi connectivity index (χ1) is 6.19. The predicted molar refractivity (Wildman–Crippen MR) is 54.4 cm³/mol. The van der Waals surface area contributed by atoms with Crippen LogP contribution in [0.5, 0.6) is 0 Å². The molecule has 6 heteroatoms. The van der Waals surface area contributed by atoms with Gasteiger partial charge in [-0.1, -0.05) is 0 Å². The lowest BCUT2D eigenvalue weighted by atomic mass is 10.4. The summed E-state index contributed by atoms with van der Waals surface area (Å²) in [6.45, 7) is 2.43. The van der Waals surface area contributed by atoms with Crippen LogP contribution in [0.2, 0.25) is 0 Å². The van der Waals surface area contributed by atoms with Crippen LogP contribution in [0.25, 0.3) is 0 Å². The van der Waals surface area contributed by atoms with Crippen molar-refractivity contribution < 1.29 is 16.8 Å². The summed E-state index contributed by atoms with van der Waals surface area (Å²) in [6.07, 6.45) is 9.49. The molecule has 0 aromatic heterocycles. The molecule has 0 fully saturated rings. The van der Waals surface area contributed by atoms with E-state index < -0.39 is 30.2 Å². The number of rotatable bonds is 3. The zero-order valence-electron chi connectivity index (χ0n) is 7.76. The molecule has 4 nitrogen and oxygen atoms in total. The topological polar surface area (TPSA) is 68.3 Å². The zero-order chi connectivity index (χ0) is 11.6. The molecule has 0 amide bonds. The Balaban J connectivity index is 5.27. The van der Waals surface area contributed by atoms with Crippen LogP contribution in [-0.2, 0) is 19.7 Å². The van der Waals surface area contributed by atoms with Crippen molar-refractivity contribution >= 4 is 19.7 Å². The third-order valence-electron chi connectivity index (χ3n) is 1.97. The van der Waals surface area contributed by atoms with Gasteiger partial charge in [0.05, 0.1) is 10.5 Å². The van der Waals surface area contributed by atoms with Gasteiger partial charge in [0.1, 0.15) is 0 Å². The zero-order valence-corrected chi connectivity index (χ0v) is 9.39. The highest BCUT2D eigenvalue weighted by atomic mass is 32.2. The Morgan fingerprint density at radius 3 is 1.21 bits per heavy atom. The highest BCUT2D eigenvalue weighted by molar-refractivity contribution is 8.00. The van der Waals surface area contributed by atoms with Gasteiger partial charge in [-0.25, -0.2) is 16.8 Å². The average molecular weight is 234 g/mol. The van der Waals surface area contributed by atoms with Crippen molar-refractivity contribution in [2.45, 2.75) is 24.3 Å². The van der Waals surface area contributed by atoms with Crippen LogP contribution in [0.4, 0.5) is 0 Å². The standard InChI is InChI=1S/C8H10O4S2/c1-5-13(9,10)7(3)8(4)14(11,12)6-2/h1-2,7-8H,3-4H3/t7-,8?/m0/s1. The first-order valence-corrected chi connectivity index (χ1v) is 6.70. The van der Waals surface area contributed by atoms with Crippen molar-refractivity contribution in [1.29, 1.82) is 0 Å². The number of sulfone groups is 2. The normalized spacial score (nSPS) is 16.3. The third kappa shape index (κ3) is 2.50. The fourth-order valence-electron chi connectivity index (χ4n) is 0.719. The van der Waals surface area contributed by atoms with Crippen LogP contribution in [0.3, 0.4) is 0 Å². The molecule has 0 saturated carbocycles. The van der Waals surface area contributed by atoms with Crippen molar-refractivity contribution in [2.75, 3.05) is 0 Å². The quantitative estimate of drug-likeness (QED) is 0.500. The molecule has 14 heavy (non-hydrogen) atoms. The van der Waals surface area contributed by atoms with Crippen molar-refractivity contribution in [1.82, 2.24) is 0 Å². The highest BCUT2D eigenvalue weighted by Gasteiger charge is 2.32. The molecule has 0 radical (unpaired) electrons. The van der Waals surface area contributed by atoms with E-state index in [1.54, 1.807) is 10.5 Å². The second kappa shape index (κ2) is 4.04. The summed E-state index contributed by atoms with van der Waals surface area (Å²) >= 11 is 0. The van der Waals surface area contributed by atoms with Crippen molar-refractivity contribution in [3.05, 3.63) is 0 Å². The summed E-state index contributed by atoms with van der Waals surface area (Å²) in [5, 5.41) is 0.714. The molecular weight excluding hydrogens is 224 g/mol. The van der Waals surface area contributed by atoms with Crippen LogP contribution in [0.15, 0.2) is 0 Å². The Morgan fingerprint density at radius 2 is 1.07 bits per heavy atom. The molecule has 0 aliphatic heterocycles. The lowest BCUT2D eigenvalue weighted by Gasteiger charge is -2.14. The van der Waals surface area contributed by atoms with Crippen molar-refractivity contribution in [2.24, 2.45) is 0 Å². The Bertz CT molecular complexity index is 436. The van der Waals surface area contributed by atoms with E-state index in [-0.39, 0.29) is 0 Å². The summed E-state index contributed by atoms with van der Waals surface area (Å²) in [7, 11) is -7.68. The molecular formula is C8H10O4S2. The molecule has 0 aliphatic carbocycles. The van der Waals surface area contributed by atoms with Crippen molar-refractivity contribution in [3.8, 4) is 23.4 Å². The molecule has 0 saturated heterocycles. The van der Waals surface area contributed by atoms with Crippen LogP contribution in [-0.4, -0.2) is 27.3 Å². The summed E-state index contributed by atoms with van der Waals surface area (Å²) < 4.78 is 44.5. The summed E-state index contributed by atoms with van der Waals surface area (Å²) in [4.78, 5) is 0. The fraction of sp³-hybridized carbons (Fsp3) is 0.500. The molecule has 0 heterocycles. The second-order valence-corrected chi connectivity index (χ2v) is 6.87. The van der Waals surface area contributed by atoms with Crippen LogP contribution in [0, 0.1) is 23.4 Å². The van der Waals surface area contributed by atoms with Gasteiger partial charge in [0.15, 0.2) is 0 Å². The minimum absolute atomic E-state index is 1.20. The molecule has 0 aromatic rings. The van der Waals surface area contributed by atoms with Gasteiger partial charge in [0, 0.05) is 10.5 Å². The fourth-order valence-corrected chi connectivity index (χ4v) is 3.04. The maximum absolute atomic E-state index is 11.1. The molecule has 0 aromatic carbocycles. The highest BCUT2D eigenvalue weighted by Crippen LogP contribution is 2.13. The monoisotopic (exact) mass is 234 g/mol. The van der Waals surface area contributed by atoms with E-state index in [1.807, 2.05) is 0 Å². The van der Waals surface area contributed by atoms with Crippen LogP contribution in [0.1, 0.15) is 13.8 Å². The maximum Gasteiger partial charge on any atom is 0.220 e. The number of hydrogen-bond acceptors (Lipinski definition) is 4. The van der Waals surface area contributed by atoms with E-state index in [0.29, 0.717) is 0 Å². The Hall–Kier alpha value is -0.980. The van der Waals surface area contributed by atoms with E-state index in [4.69, 9.17) is 12.8 Å². The second-order valence-electron chi connectivity index (χ2n) is 2.74. The van der Waals surface area contributed by atoms with Gasteiger partial charge in [-0.2, -0.15) is 0 Å². The molecule has 0 N–H and O–H groups in total. The van der Waals surface area contributed by atoms with Gasteiger partial charge in [-0.3, -0.25) is 0 Å². The largest absolute Gasteiger partial charge is 0.220 e. The summed E-state index contributed by atoms with van der Waals surface area (Å²) in [6, 6.07) is 0. The van der Waals surface area contributed by atoms with Gasteiger partial charge >= 0.3 is 0 Å². The molecule has 0 bridgehead atoms. The minimum Gasteiger partial charge on any atom is -0.215 e. The molecule has 0 rings (SSSR count). The van der Waals surface area contributed by atoms with Gasteiger partial charge in [-0.15, -0.1) is 12.8 Å². The SMILES string of the molecule is C#CS(=O)(=O)C(C)[C@H](C)S(=O)(=O)C#C. The van der Waals surface area contributed by atoms with Gasteiger partial charge in [-0.05, 0) is 13.8 Å². The third-order valence-corrected chi connectivity index (χ3v) is 5.57. The average Bonchev–Trinajstić information content (AvgIpc) is 2.15. The smallest absolute Gasteiger partial charge is 0.215 e. The van der Waals surface area contributed by atoms with Crippen LogP contribution >= 0.6 is 0 Å². The van der Waals surface area contributed by atoms with E-state index in [9.17, 15) is 16.8 Å². The maximum atomic E-state index is 11.1. The Kier molecular flexibility index (Phi) is 3.75. The minimum atomic E-state index is -3.84. The van der Waals surface area contributed by atoms with E-state index >= 15 is 0 Å². The Morgan fingerprint density at radius 1 is 0.857 bits per heavy atom. The van der Waals surface area contributed by atoms with E-state index in [2.05, 4.69) is 0 Å². The molecule has 1 unspecified atom stereocenters. The summed E-state index contributed by atoms with van der Waals surface area (Å²) in [5.74, 6) is 0. The predicted octanol–water partition coefficient (Wildman–Crippen LogP) is -0.226. The molecule has 78 valence electrons. The van der Waals surface area contributed by atoms with E-state index in [0.717, 1.165) is 0 Å². The lowest BCUT2D eigenvalue weighted by molar-refractivity contribution is 0.574. The number of hydrogen-bond donors (Lipinski definition) is 0. The van der Waals surface area contributed by atoms with Gasteiger partial charge in [0.25, 0.3) is 0 Å². The lowest BCUT2D eigenvalue weighted by Crippen LogP contribution is -2.33. The first-order valence-electron chi connectivity index (χ1n) is 3.61. The van der Waals surface area contributed by atoms with Gasteiger partial charge in [0.2, 0.25) is 19.7 Å². The Labute approximate surface area is 84.5 Å². The van der Waals surface area contributed by atoms with Crippen molar-refractivity contribution in [3.63, 3.8) is 0 Å². The molecule has 0 spiro atoms. The summed E-state index contributed by atoms with van der Waals surface area (Å²) in [5.41, 5.74) is 0. The first kappa shape index (κ1) is 13.0. The van der Waals surface area contributed by atoms with E-state index in [1.165, 1.54) is 13.8 Å². The molecule has 0 aliphatic rings. The van der Waals surface area contributed by atoms with Gasteiger partial charge < -0.3 is 0 Å². The number of terminal acetylenes is 2.